The molecule has 6 nitrogen and oxygen atoms in total. The average Bonchev–Trinajstić information content (AvgIpc) is 3.26. The highest BCUT2D eigenvalue weighted by atomic mass is 35.5. The zero-order valence-corrected chi connectivity index (χ0v) is 18.6. The molecule has 0 bridgehead atoms. The molecule has 2 aromatic carbocycles. The van der Waals surface area contributed by atoms with Crippen molar-refractivity contribution < 1.29 is 4.79 Å². The smallest absolute Gasteiger partial charge is 0.255 e. The van der Waals surface area contributed by atoms with Crippen molar-refractivity contribution in [1.82, 2.24) is 24.9 Å². The van der Waals surface area contributed by atoms with Gasteiger partial charge in [0.25, 0.3) is 5.91 Å². The fourth-order valence-corrected chi connectivity index (χ4v) is 3.95. The number of hydrogen-bond acceptors (Lipinski definition) is 4. The molecule has 4 rings (SSSR count). The Hall–Kier alpha value is -2.67. The number of nitrogens with zero attached hydrogens (tertiary/aromatic N) is 4. The molecule has 0 atom stereocenters. The predicted molar refractivity (Wildman–Crippen MR) is 125 cm³/mol. The van der Waals surface area contributed by atoms with Gasteiger partial charge in [-0.25, -0.2) is 4.68 Å². The van der Waals surface area contributed by atoms with Gasteiger partial charge in [0.1, 0.15) is 5.69 Å². The van der Waals surface area contributed by atoms with E-state index in [1.165, 1.54) is 0 Å². The van der Waals surface area contributed by atoms with E-state index in [-0.39, 0.29) is 5.91 Å². The second kappa shape index (κ2) is 10.1. The van der Waals surface area contributed by atoms with Gasteiger partial charge in [0.05, 0.1) is 11.3 Å². The molecule has 1 aromatic heterocycles. The fourth-order valence-electron chi connectivity index (χ4n) is 3.83. The fraction of sp³-hybridized carbons (Fsp3) is 0.333. The van der Waals surface area contributed by atoms with E-state index in [2.05, 4.69) is 22.0 Å². The van der Waals surface area contributed by atoms with Crippen molar-refractivity contribution in [2.45, 2.75) is 6.92 Å². The number of rotatable bonds is 7. The van der Waals surface area contributed by atoms with E-state index in [1.54, 1.807) is 10.9 Å². The lowest BCUT2D eigenvalue weighted by molar-refractivity contribution is 0.0938. The monoisotopic (exact) mass is 437 g/mol. The molecular formula is C24H28ClN5O. The number of carbonyl (C=O) groups excluding carboxylic acids is 1. The van der Waals surface area contributed by atoms with Gasteiger partial charge in [-0.05, 0) is 30.8 Å². The van der Waals surface area contributed by atoms with Crippen LogP contribution in [0.1, 0.15) is 17.3 Å². The van der Waals surface area contributed by atoms with Gasteiger partial charge in [0, 0.05) is 56.1 Å². The van der Waals surface area contributed by atoms with Crippen molar-refractivity contribution in [1.29, 1.82) is 0 Å². The number of aromatic nitrogens is 2. The molecule has 2 heterocycles. The maximum absolute atomic E-state index is 13.1. The van der Waals surface area contributed by atoms with Crippen molar-refractivity contribution in [2.75, 3.05) is 45.8 Å². The van der Waals surface area contributed by atoms with E-state index >= 15 is 0 Å². The second-order valence-electron chi connectivity index (χ2n) is 7.71. The minimum Gasteiger partial charge on any atom is -0.351 e. The highest BCUT2D eigenvalue weighted by Gasteiger charge is 2.20. The van der Waals surface area contributed by atoms with Gasteiger partial charge in [-0.3, -0.25) is 9.69 Å². The summed E-state index contributed by atoms with van der Waals surface area (Å²) in [5.74, 6) is -0.112. The number of carbonyl (C=O) groups is 1. The van der Waals surface area contributed by atoms with Crippen LogP contribution in [0.2, 0.25) is 5.02 Å². The van der Waals surface area contributed by atoms with E-state index < -0.39 is 0 Å². The number of piperazine rings is 1. The number of likely N-dealkylation sites (N-methyl/N-ethyl adjacent to an activating group) is 1. The van der Waals surface area contributed by atoms with Gasteiger partial charge in [0.15, 0.2) is 0 Å². The number of hydrogen-bond donors (Lipinski definition) is 1. The van der Waals surface area contributed by atoms with Crippen LogP contribution in [-0.4, -0.2) is 71.3 Å². The third kappa shape index (κ3) is 5.34. The van der Waals surface area contributed by atoms with Crippen LogP contribution in [0.15, 0.2) is 60.8 Å². The van der Waals surface area contributed by atoms with Gasteiger partial charge in [-0.2, -0.15) is 5.10 Å². The molecule has 0 aliphatic carbocycles. The Kier molecular flexibility index (Phi) is 7.02. The standard InChI is InChI=1S/C24H28ClN5O/c1-2-28-14-16-29(17-15-28)13-12-26-24(31)22-18-30(21-6-4-3-5-7-21)27-23(22)19-8-10-20(25)11-9-19/h3-11,18H,2,12-17H2,1H3,(H,26,31). The van der Waals surface area contributed by atoms with Crippen LogP contribution in [0.4, 0.5) is 0 Å². The maximum atomic E-state index is 13.1. The number of benzene rings is 2. The summed E-state index contributed by atoms with van der Waals surface area (Å²) in [5, 5.41) is 8.45. The van der Waals surface area contributed by atoms with Crippen molar-refractivity contribution in [3.8, 4) is 16.9 Å². The van der Waals surface area contributed by atoms with Crippen LogP contribution in [0.5, 0.6) is 0 Å². The van der Waals surface area contributed by atoms with Crippen LogP contribution < -0.4 is 5.32 Å². The summed E-state index contributed by atoms with van der Waals surface area (Å²) in [7, 11) is 0. The predicted octanol–water partition coefficient (Wildman–Crippen LogP) is 3.56. The van der Waals surface area contributed by atoms with E-state index in [9.17, 15) is 4.79 Å². The Morgan fingerprint density at radius 2 is 1.68 bits per heavy atom. The van der Waals surface area contributed by atoms with Crippen molar-refractivity contribution in [3.63, 3.8) is 0 Å². The van der Waals surface area contributed by atoms with E-state index in [0.717, 1.165) is 50.5 Å². The lowest BCUT2D eigenvalue weighted by Crippen LogP contribution is -2.48. The number of halogens is 1. The van der Waals surface area contributed by atoms with Gasteiger partial charge in [-0.1, -0.05) is 48.9 Å². The van der Waals surface area contributed by atoms with Crippen LogP contribution in [0.3, 0.4) is 0 Å². The first-order valence-electron chi connectivity index (χ1n) is 10.8. The van der Waals surface area contributed by atoms with Crippen molar-refractivity contribution in [2.24, 2.45) is 0 Å². The Morgan fingerprint density at radius 3 is 2.35 bits per heavy atom. The molecule has 7 heteroatoms. The number of amides is 1. The van der Waals surface area contributed by atoms with Gasteiger partial charge >= 0.3 is 0 Å². The maximum Gasteiger partial charge on any atom is 0.255 e. The summed E-state index contributed by atoms with van der Waals surface area (Å²) in [6.45, 7) is 9.04. The minimum atomic E-state index is -0.112. The first-order valence-corrected chi connectivity index (χ1v) is 11.2. The number of para-hydroxylation sites is 1. The summed E-state index contributed by atoms with van der Waals surface area (Å²) in [6.07, 6.45) is 1.80. The third-order valence-corrected chi connectivity index (χ3v) is 5.97. The van der Waals surface area contributed by atoms with E-state index in [1.807, 2.05) is 54.6 Å². The zero-order chi connectivity index (χ0) is 21.6. The summed E-state index contributed by atoms with van der Waals surface area (Å²) in [6, 6.07) is 17.2. The topological polar surface area (TPSA) is 53.4 Å². The Bertz CT molecular complexity index is 995. The second-order valence-corrected chi connectivity index (χ2v) is 8.15. The SMILES string of the molecule is CCN1CCN(CCNC(=O)c2cn(-c3ccccc3)nc2-c2ccc(Cl)cc2)CC1. The molecule has 0 spiro atoms. The molecule has 1 aliphatic rings. The molecule has 1 saturated heterocycles. The molecular weight excluding hydrogens is 410 g/mol. The normalized spacial score (nSPS) is 15.2. The van der Waals surface area contributed by atoms with E-state index in [0.29, 0.717) is 22.8 Å². The molecule has 1 fully saturated rings. The molecule has 1 N–H and O–H groups in total. The minimum absolute atomic E-state index is 0.112. The zero-order valence-electron chi connectivity index (χ0n) is 17.8. The van der Waals surface area contributed by atoms with Crippen LogP contribution in [-0.2, 0) is 0 Å². The molecule has 3 aromatic rings. The van der Waals surface area contributed by atoms with Crippen LogP contribution in [0, 0.1) is 0 Å². The molecule has 1 aliphatic heterocycles. The van der Waals surface area contributed by atoms with Crippen molar-refractivity contribution in [3.05, 3.63) is 71.4 Å². The van der Waals surface area contributed by atoms with Gasteiger partial charge < -0.3 is 10.2 Å². The Balaban J connectivity index is 1.48. The molecule has 31 heavy (non-hydrogen) atoms. The Morgan fingerprint density at radius 1 is 1.00 bits per heavy atom. The highest BCUT2D eigenvalue weighted by molar-refractivity contribution is 6.30. The number of nitrogens with one attached hydrogen (secondary N) is 1. The quantitative estimate of drug-likeness (QED) is 0.614. The average molecular weight is 438 g/mol. The largest absolute Gasteiger partial charge is 0.351 e. The summed E-state index contributed by atoms with van der Waals surface area (Å²) >= 11 is 6.05. The van der Waals surface area contributed by atoms with Gasteiger partial charge in [-0.15, -0.1) is 0 Å². The Labute approximate surface area is 188 Å². The molecule has 1 amide bonds. The highest BCUT2D eigenvalue weighted by Crippen LogP contribution is 2.25. The first-order chi connectivity index (χ1) is 15.1. The molecule has 0 unspecified atom stereocenters. The lowest BCUT2D eigenvalue weighted by atomic mass is 10.1. The summed E-state index contributed by atoms with van der Waals surface area (Å²) < 4.78 is 1.75. The van der Waals surface area contributed by atoms with Crippen LogP contribution in [0.25, 0.3) is 16.9 Å². The van der Waals surface area contributed by atoms with Gasteiger partial charge in [0.2, 0.25) is 0 Å². The van der Waals surface area contributed by atoms with Crippen LogP contribution >= 0.6 is 11.6 Å². The summed E-state index contributed by atoms with van der Waals surface area (Å²) in [5.41, 5.74) is 2.97. The molecule has 0 saturated carbocycles. The van der Waals surface area contributed by atoms with Crippen molar-refractivity contribution >= 4 is 17.5 Å². The lowest BCUT2D eigenvalue weighted by Gasteiger charge is -2.33. The third-order valence-electron chi connectivity index (χ3n) is 5.72. The van der Waals surface area contributed by atoms with E-state index in [4.69, 9.17) is 16.7 Å². The molecule has 162 valence electrons. The first kappa shape index (κ1) is 21.6. The summed E-state index contributed by atoms with van der Waals surface area (Å²) in [4.78, 5) is 17.9. The molecule has 0 radical (unpaired) electrons.